The van der Waals surface area contributed by atoms with Crippen LogP contribution in [0.1, 0.15) is 31.4 Å². The van der Waals surface area contributed by atoms with Crippen LogP contribution in [0.4, 0.5) is 24.8 Å². The van der Waals surface area contributed by atoms with Gasteiger partial charge in [0.1, 0.15) is 11.6 Å². The van der Waals surface area contributed by atoms with Gasteiger partial charge < -0.3 is 11.1 Å². The number of carbonyl (C=O) groups is 1. The Morgan fingerprint density at radius 1 is 1.32 bits per heavy atom. The molecule has 0 atom stereocenters. The number of hydrogen-bond acceptors (Lipinski definition) is 4. The van der Waals surface area contributed by atoms with E-state index in [1.165, 1.54) is 19.2 Å². The van der Waals surface area contributed by atoms with Gasteiger partial charge in [0, 0.05) is 18.5 Å². The topological polar surface area (TPSA) is 85.8 Å². The summed E-state index contributed by atoms with van der Waals surface area (Å²) in [5.41, 5.74) is 5.41. The number of nitrogens with zero attached hydrogens (tertiary/aromatic N) is 3. The molecule has 1 aliphatic rings. The third-order valence-corrected chi connectivity index (χ3v) is 4.35. The Bertz CT molecular complexity index is 794. The molecule has 0 bridgehead atoms. The monoisotopic (exact) mass is 353 g/mol. The molecule has 1 saturated carbocycles. The number of hydrogen-bond donors (Lipinski definition) is 2. The fourth-order valence-electron chi connectivity index (χ4n) is 3.04. The molecule has 2 aromatic heterocycles. The first-order chi connectivity index (χ1) is 11.8. The van der Waals surface area contributed by atoms with Crippen molar-refractivity contribution in [2.75, 3.05) is 11.1 Å². The fraction of sp³-hybridized carbons (Fsp3) is 0.438. The van der Waals surface area contributed by atoms with Crippen LogP contribution in [0.5, 0.6) is 0 Å². The summed E-state index contributed by atoms with van der Waals surface area (Å²) in [6.07, 6.45) is -0.750. The molecule has 0 radical (unpaired) electrons. The zero-order valence-corrected chi connectivity index (χ0v) is 13.6. The number of pyridine rings is 1. The first kappa shape index (κ1) is 17.2. The Balaban J connectivity index is 1.83. The van der Waals surface area contributed by atoms with Crippen LogP contribution in [0, 0.1) is 5.92 Å². The second-order valence-electron chi connectivity index (χ2n) is 6.14. The van der Waals surface area contributed by atoms with Crippen LogP contribution in [-0.4, -0.2) is 20.7 Å². The van der Waals surface area contributed by atoms with Crippen LogP contribution in [0.2, 0.25) is 0 Å². The highest BCUT2D eigenvalue weighted by molar-refractivity contribution is 5.92. The molecular formula is C16H18F3N5O. The molecule has 2 heterocycles. The average molecular weight is 353 g/mol. The highest BCUT2D eigenvalue weighted by Gasteiger charge is 2.35. The standard InChI is InChI=1S/C16H18F3N5O/c1-24-11(8-12(23-24)16(17,18)19)10-6-7-13(21-14(10)20)22-15(25)9-4-2-3-5-9/h6-9H,2-5H2,1H3,(H3,20,21,22,25). The number of aromatic nitrogens is 3. The molecule has 6 nitrogen and oxygen atoms in total. The van der Waals surface area contributed by atoms with Crippen molar-refractivity contribution in [1.29, 1.82) is 0 Å². The Labute approximate surface area is 142 Å². The van der Waals surface area contributed by atoms with E-state index < -0.39 is 11.9 Å². The van der Waals surface area contributed by atoms with Crippen LogP contribution in [0.15, 0.2) is 18.2 Å². The normalized spacial score (nSPS) is 15.5. The summed E-state index contributed by atoms with van der Waals surface area (Å²) in [4.78, 5) is 16.2. The van der Waals surface area contributed by atoms with Gasteiger partial charge in [-0.05, 0) is 31.0 Å². The number of alkyl halides is 3. The van der Waals surface area contributed by atoms with Gasteiger partial charge in [-0.1, -0.05) is 12.8 Å². The molecule has 9 heteroatoms. The Hall–Kier alpha value is -2.58. The van der Waals surface area contributed by atoms with E-state index >= 15 is 0 Å². The molecule has 0 spiro atoms. The van der Waals surface area contributed by atoms with Crippen LogP contribution in [-0.2, 0) is 18.0 Å². The van der Waals surface area contributed by atoms with E-state index in [1.54, 1.807) is 0 Å². The smallest absolute Gasteiger partial charge is 0.383 e. The summed E-state index contributed by atoms with van der Waals surface area (Å²) in [6, 6.07) is 3.98. The van der Waals surface area contributed by atoms with Gasteiger partial charge in [0.05, 0.1) is 5.69 Å². The number of anilines is 2. The first-order valence-corrected chi connectivity index (χ1v) is 7.94. The minimum Gasteiger partial charge on any atom is -0.383 e. The van der Waals surface area contributed by atoms with E-state index in [0.717, 1.165) is 36.4 Å². The zero-order valence-electron chi connectivity index (χ0n) is 13.6. The van der Waals surface area contributed by atoms with Gasteiger partial charge in [0.25, 0.3) is 0 Å². The number of nitrogen functional groups attached to an aromatic ring is 1. The predicted molar refractivity (Wildman–Crippen MR) is 86.4 cm³/mol. The summed E-state index contributed by atoms with van der Waals surface area (Å²) in [7, 11) is 1.40. The first-order valence-electron chi connectivity index (χ1n) is 7.94. The fourth-order valence-corrected chi connectivity index (χ4v) is 3.04. The van der Waals surface area contributed by atoms with Crippen LogP contribution in [0.25, 0.3) is 11.3 Å². The third kappa shape index (κ3) is 3.59. The number of halogens is 3. The van der Waals surface area contributed by atoms with Crippen molar-refractivity contribution >= 4 is 17.5 Å². The molecule has 134 valence electrons. The van der Waals surface area contributed by atoms with E-state index in [9.17, 15) is 18.0 Å². The number of nitrogens with one attached hydrogen (secondary N) is 1. The molecule has 0 aliphatic heterocycles. The predicted octanol–water partition coefficient (Wildman–Crippen LogP) is 3.21. The minimum atomic E-state index is -4.53. The number of rotatable bonds is 3. The lowest BCUT2D eigenvalue weighted by atomic mass is 10.1. The van der Waals surface area contributed by atoms with Crippen molar-refractivity contribution in [3.05, 3.63) is 23.9 Å². The summed E-state index contributed by atoms with van der Waals surface area (Å²) >= 11 is 0. The molecule has 3 rings (SSSR count). The maximum Gasteiger partial charge on any atom is 0.435 e. The molecule has 1 fully saturated rings. The quantitative estimate of drug-likeness (QED) is 0.887. The molecule has 25 heavy (non-hydrogen) atoms. The van der Waals surface area contributed by atoms with Gasteiger partial charge in [0.2, 0.25) is 5.91 Å². The zero-order chi connectivity index (χ0) is 18.2. The van der Waals surface area contributed by atoms with E-state index in [2.05, 4.69) is 15.4 Å². The molecule has 2 aromatic rings. The summed E-state index contributed by atoms with van der Waals surface area (Å²) < 4.78 is 39.5. The summed E-state index contributed by atoms with van der Waals surface area (Å²) in [5.74, 6) is 0.198. The number of nitrogens with two attached hydrogens (primary N) is 1. The lowest BCUT2D eigenvalue weighted by Crippen LogP contribution is -2.21. The van der Waals surface area contributed by atoms with E-state index in [-0.39, 0.29) is 29.2 Å². The maximum atomic E-state index is 12.8. The van der Waals surface area contributed by atoms with Gasteiger partial charge in [-0.15, -0.1) is 0 Å². The van der Waals surface area contributed by atoms with Gasteiger partial charge in [-0.25, -0.2) is 4.98 Å². The number of amides is 1. The largest absolute Gasteiger partial charge is 0.435 e. The van der Waals surface area contributed by atoms with Crippen LogP contribution in [0.3, 0.4) is 0 Å². The van der Waals surface area contributed by atoms with Crippen LogP contribution >= 0.6 is 0 Å². The molecular weight excluding hydrogens is 335 g/mol. The van der Waals surface area contributed by atoms with Crippen LogP contribution < -0.4 is 11.1 Å². The lowest BCUT2D eigenvalue weighted by molar-refractivity contribution is -0.141. The molecule has 0 aromatic carbocycles. The van der Waals surface area contributed by atoms with Gasteiger partial charge in [0.15, 0.2) is 5.69 Å². The van der Waals surface area contributed by atoms with Crippen molar-refractivity contribution in [3.8, 4) is 11.3 Å². The second kappa shape index (κ2) is 6.38. The minimum absolute atomic E-state index is 0.0193. The van der Waals surface area contributed by atoms with Crippen molar-refractivity contribution in [2.45, 2.75) is 31.9 Å². The lowest BCUT2D eigenvalue weighted by Gasteiger charge is -2.11. The molecule has 1 amide bonds. The number of carbonyl (C=O) groups excluding carboxylic acids is 1. The van der Waals surface area contributed by atoms with Crippen molar-refractivity contribution in [3.63, 3.8) is 0 Å². The van der Waals surface area contributed by atoms with Crippen molar-refractivity contribution in [1.82, 2.24) is 14.8 Å². The van der Waals surface area contributed by atoms with Crippen molar-refractivity contribution in [2.24, 2.45) is 13.0 Å². The van der Waals surface area contributed by atoms with Gasteiger partial charge in [-0.2, -0.15) is 18.3 Å². The number of aryl methyl sites for hydroxylation is 1. The second-order valence-corrected chi connectivity index (χ2v) is 6.14. The van der Waals surface area contributed by atoms with E-state index in [0.29, 0.717) is 5.56 Å². The van der Waals surface area contributed by atoms with E-state index in [4.69, 9.17) is 5.73 Å². The van der Waals surface area contributed by atoms with E-state index in [1.807, 2.05) is 0 Å². The Kier molecular flexibility index (Phi) is 4.40. The average Bonchev–Trinajstić information content (AvgIpc) is 3.16. The van der Waals surface area contributed by atoms with Gasteiger partial charge in [-0.3, -0.25) is 9.48 Å². The Morgan fingerprint density at radius 3 is 2.56 bits per heavy atom. The maximum absolute atomic E-state index is 12.8. The molecule has 1 aliphatic carbocycles. The highest BCUT2D eigenvalue weighted by atomic mass is 19.4. The molecule has 3 N–H and O–H groups in total. The Morgan fingerprint density at radius 2 is 2.00 bits per heavy atom. The van der Waals surface area contributed by atoms with Gasteiger partial charge >= 0.3 is 6.18 Å². The summed E-state index contributed by atoms with van der Waals surface area (Å²) in [6.45, 7) is 0. The highest BCUT2D eigenvalue weighted by Crippen LogP contribution is 2.33. The summed E-state index contributed by atoms with van der Waals surface area (Å²) in [5, 5.41) is 6.18. The third-order valence-electron chi connectivity index (χ3n) is 4.35. The SMILES string of the molecule is Cn1nc(C(F)(F)F)cc1-c1ccc(NC(=O)C2CCCC2)nc1N. The van der Waals surface area contributed by atoms with Crippen molar-refractivity contribution < 1.29 is 18.0 Å². The molecule has 0 unspecified atom stereocenters. The molecule has 0 saturated heterocycles.